The van der Waals surface area contributed by atoms with E-state index < -0.39 is 0 Å². The van der Waals surface area contributed by atoms with E-state index in [1.807, 2.05) is 37.3 Å². The summed E-state index contributed by atoms with van der Waals surface area (Å²) >= 11 is 0. The summed E-state index contributed by atoms with van der Waals surface area (Å²) < 4.78 is 0. The van der Waals surface area contributed by atoms with Gasteiger partial charge in [-0.2, -0.15) is 0 Å². The highest BCUT2D eigenvalue weighted by atomic mass is 14.1. The van der Waals surface area contributed by atoms with Gasteiger partial charge in [0.25, 0.3) is 0 Å². The second-order valence-electron chi connectivity index (χ2n) is 6.70. The van der Waals surface area contributed by atoms with Crippen LogP contribution in [0.15, 0.2) is 121 Å². The molecule has 0 aliphatic heterocycles. The van der Waals surface area contributed by atoms with E-state index in [9.17, 15) is 0 Å². The normalized spacial score (nSPS) is 13.2. The van der Waals surface area contributed by atoms with E-state index in [-0.39, 0.29) is 0 Å². The summed E-state index contributed by atoms with van der Waals surface area (Å²) in [7, 11) is 0. The highest BCUT2D eigenvalue weighted by Crippen LogP contribution is 2.31. The molecule has 0 amide bonds. The van der Waals surface area contributed by atoms with E-state index in [1.165, 1.54) is 11.1 Å². The molecule has 144 valence electrons. The number of benzene rings is 1. The van der Waals surface area contributed by atoms with E-state index in [0.717, 1.165) is 33.4 Å². The first kappa shape index (κ1) is 22.9. The zero-order valence-corrected chi connectivity index (χ0v) is 17.8. The number of hydrogen-bond acceptors (Lipinski definition) is 0. The van der Waals surface area contributed by atoms with Gasteiger partial charge in [0.2, 0.25) is 0 Å². The van der Waals surface area contributed by atoms with Gasteiger partial charge in [0, 0.05) is 0 Å². The van der Waals surface area contributed by atoms with Crippen LogP contribution in [0.1, 0.15) is 38.8 Å². The molecular weight excluding hydrogens is 336 g/mol. The third kappa shape index (κ3) is 6.55. The maximum atomic E-state index is 4.33. The molecule has 0 atom stereocenters. The van der Waals surface area contributed by atoms with Crippen LogP contribution < -0.4 is 0 Å². The van der Waals surface area contributed by atoms with Crippen LogP contribution in [-0.2, 0) is 0 Å². The van der Waals surface area contributed by atoms with Crippen LogP contribution >= 0.6 is 0 Å². The van der Waals surface area contributed by atoms with Crippen molar-refractivity contribution in [1.29, 1.82) is 0 Å². The number of hydrogen-bond donors (Lipinski definition) is 0. The molecule has 0 aliphatic rings. The van der Waals surface area contributed by atoms with Gasteiger partial charge in [-0.1, -0.05) is 99.2 Å². The first-order valence-electron chi connectivity index (χ1n) is 9.44. The van der Waals surface area contributed by atoms with E-state index in [4.69, 9.17) is 0 Å². The molecule has 0 bridgehead atoms. The van der Waals surface area contributed by atoms with Crippen LogP contribution in [0.5, 0.6) is 0 Å². The van der Waals surface area contributed by atoms with Gasteiger partial charge in [0.1, 0.15) is 0 Å². The average Bonchev–Trinajstić information content (AvgIpc) is 2.72. The molecule has 0 N–H and O–H groups in total. The molecule has 0 saturated heterocycles. The third-order valence-electron chi connectivity index (χ3n) is 4.62. The standard InChI is InChI=1S/C28H32/c1-9-11-15-21(3)22(4)19-20-24(6)26(8)28-18-14-13-17-27(28)25(7)23(5)16-12-10-2/h9-20H,2,5,7-8H2,1,3-4,6H3/b11-9-,16-12-,21-15+,22-19+,24-20+. The summed E-state index contributed by atoms with van der Waals surface area (Å²) in [6.45, 7) is 24.7. The van der Waals surface area contributed by atoms with Gasteiger partial charge in [-0.3, -0.25) is 0 Å². The monoisotopic (exact) mass is 368 g/mol. The third-order valence-corrected chi connectivity index (χ3v) is 4.62. The zero-order valence-electron chi connectivity index (χ0n) is 17.8. The first-order chi connectivity index (χ1) is 13.3. The number of allylic oxidation sites excluding steroid dienone is 14. The lowest BCUT2D eigenvalue weighted by Crippen LogP contribution is -1.94. The lowest BCUT2D eigenvalue weighted by atomic mass is 9.89. The summed E-state index contributed by atoms with van der Waals surface area (Å²) in [5.41, 5.74) is 8.44. The molecule has 0 spiro atoms. The van der Waals surface area contributed by atoms with Crippen molar-refractivity contribution >= 4 is 11.1 Å². The largest absolute Gasteiger partial charge is 0.0991 e. The van der Waals surface area contributed by atoms with E-state index in [2.05, 4.69) is 83.5 Å². The SMILES string of the molecule is C=C/C=C\C(=C)C(=C)c1ccccc1C(=C)/C(C)=C/C=C(C)/C(C)=C/C=C\C. The summed E-state index contributed by atoms with van der Waals surface area (Å²) in [6, 6.07) is 8.19. The predicted molar refractivity (Wildman–Crippen MR) is 129 cm³/mol. The van der Waals surface area contributed by atoms with Crippen LogP contribution in [-0.4, -0.2) is 0 Å². The second kappa shape index (κ2) is 11.6. The van der Waals surface area contributed by atoms with Crippen LogP contribution in [0.4, 0.5) is 0 Å². The van der Waals surface area contributed by atoms with Crippen LogP contribution in [0, 0.1) is 0 Å². The first-order valence-corrected chi connectivity index (χ1v) is 9.44. The van der Waals surface area contributed by atoms with Crippen molar-refractivity contribution in [3.05, 3.63) is 133 Å². The lowest BCUT2D eigenvalue weighted by Gasteiger charge is -2.15. The Kier molecular flexibility index (Phi) is 9.47. The van der Waals surface area contributed by atoms with Gasteiger partial charge in [0.15, 0.2) is 0 Å². The molecule has 1 aromatic rings. The summed E-state index contributed by atoms with van der Waals surface area (Å²) in [5, 5.41) is 0. The molecule has 0 unspecified atom stereocenters. The molecular formula is C28H32. The Hall–Kier alpha value is -3.12. The number of rotatable bonds is 9. The van der Waals surface area contributed by atoms with Gasteiger partial charge in [-0.25, -0.2) is 0 Å². The molecule has 1 rings (SSSR count). The van der Waals surface area contributed by atoms with E-state index >= 15 is 0 Å². The zero-order chi connectivity index (χ0) is 21.1. The molecule has 28 heavy (non-hydrogen) atoms. The van der Waals surface area contributed by atoms with Crippen molar-refractivity contribution < 1.29 is 0 Å². The fourth-order valence-corrected chi connectivity index (χ4v) is 2.53. The van der Waals surface area contributed by atoms with Crippen molar-refractivity contribution in [1.82, 2.24) is 0 Å². The van der Waals surface area contributed by atoms with Crippen LogP contribution in [0.3, 0.4) is 0 Å². The highest BCUT2D eigenvalue weighted by molar-refractivity contribution is 5.90. The van der Waals surface area contributed by atoms with Crippen molar-refractivity contribution in [3.63, 3.8) is 0 Å². The molecule has 1 aromatic carbocycles. The summed E-state index contributed by atoms with van der Waals surface area (Å²) in [4.78, 5) is 0. The Morgan fingerprint density at radius 3 is 1.86 bits per heavy atom. The molecule has 0 aromatic heterocycles. The fraction of sp³-hybridized carbons (Fsp3) is 0.143. The Balaban J connectivity index is 3.19. The second-order valence-corrected chi connectivity index (χ2v) is 6.70. The molecule has 0 saturated carbocycles. The van der Waals surface area contributed by atoms with E-state index in [1.54, 1.807) is 6.08 Å². The lowest BCUT2D eigenvalue weighted by molar-refractivity contribution is 1.34. The summed E-state index contributed by atoms with van der Waals surface area (Å²) in [6.07, 6.45) is 16.0. The Morgan fingerprint density at radius 2 is 1.29 bits per heavy atom. The van der Waals surface area contributed by atoms with Crippen molar-refractivity contribution in [2.75, 3.05) is 0 Å². The van der Waals surface area contributed by atoms with Crippen molar-refractivity contribution in [2.45, 2.75) is 27.7 Å². The van der Waals surface area contributed by atoms with Gasteiger partial charge in [-0.05, 0) is 72.3 Å². The highest BCUT2D eigenvalue weighted by Gasteiger charge is 2.10. The van der Waals surface area contributed by atoms with Gasteiger partial charge < -0.3 is 0 Å². The molecule has 0 aliphatic carbocycles. The van der Waals surface area contributed by atoms with Gasteiger partial charge >= 0.3 is 0 Å². The Morgan fingerprint density at radius 1 is 0.750 bits per heavy atom. The van der Waals surface area contributed by atoms with Crippen LogP contribution in [0.25, 0.3) is 11.1 Å². The fourth-order valence-electron chi connectivity index (χ4n) is 2.53. The minimum Gasteiger partial charge on any atom is -0.0991 e. The minimum absolute atomic E-state index is 0.863. The van der Waals surface area contributed by atoms with E-state index in [0.29, 0.717) is 0 Å². The molecule has 0 nitrogen and oxygen atoms in total. The van der Waals surface area contributed by atoms with Crippen molar-refractivity contribution in [2.24, 2.45) is 0 Å². The smallest absolute Gasteiger partial charge is 0.0106 e. The van der Waals surface area contributed by atoms with Gasteiger partial charge in [0.05, 0.1) is 0 Å². The topological polar surface area (TPSA) is 0 Å². The Bertz CT molecular complexity index is 905. The maximum Gasteiger partial charge on any atom is -0.0106 e. The molecule has 0 heterocycles. The van der Waals surface area contributed by atoms with Gasteiger partial charge in [-0.15, -0.1) is 0 Å². The van der Waals surface area contributed by atoms with Crippen LogP contribution in [0.2, 0.25) is 0 Å². The van der Waals surface area contributed by atoms with Crippen molar-refractivity contribution in [3.8, 4) is 0 Å². The maximum absolute atomic E-state index is 4.33. The Labute approximate surface area is 171 Å². The molecule has 0 fully saturated rings. The molecule has 0 heteroatoms. The summed E-state index contributed by atoms with van der Waals surface area (Å²) in [5.74, 6) is 0. The molecule has 0 radical (unpaired) electrons. The predicted octanol–water partition coefficient (Wildman–Crippen LogP) is 8.43. The minimum atomic E-state index is 0.863. The average molecular weight is 369 g/mol. The quantitative estimate of drug-likeness (QED) is 0.384.